The zero-order valence-electron chi connectivity index (χ0n) is 15.2. The third kappa shape index (κ3) is 3.60. The van der Waals surface area contributed by atoms with E-state index in [1.165, 1.54) is 17.4 Å². The van der Waals surface area contributed by atoms with Crippen molar-refractivity contribution in [3.8, 4) is 5.69 Å². The monoisotopic (exact) mass is 371 g/mol. The van der Waals surface area contributed by atoms with Crippen LogP contribution in [-0.4, -0.2) is 41.9 Å². The molecule has 0 N–H and O–H groups in total. The lowest BCUT2D eigenvalue weighted by Crippen LogP contribution is -2.20. The maximum atomic E-state index is 11.6. The number of sulfone groups is 1. The van der Waals surface area contributed by atoms with E-state index in [1.807, 2.05) is 13.1 Å². The first-order valence-corrected chi connectivity index (χ1v) is 10.0. The second-order valence-corrected chi connectivity index (χ2v) is 8.36. The van der Waals surface area contributed by atoms with Crippen LogP contribution in [0.3, 0.4) is 0 Å². The number of aromatic nitrogens is 4. The summed E-state index contributed by atoms with van der Waals surface area (Å²) in [5.41, 5.74) is 4.27. The SMILES string of the molecule is Cc1cccc(N(C)Cc2nnnn2-c2ccc(S(C)(=O)=O)cc2)c1C. The van der Waals surface area contributed by atoms with Crippen LogP contribution in [0.5, 0.6) is 0 Å². The number of nitrogens with zero attached hydrogens (tertiary/aromatic N) is 5. The Balaban J connectivity index is 1.88. The van der Waals surface area contributed by atoms with Gasteiger partial charge in [-0.15, -0.1) is 5.10 Å². The van der Waals surface area contributed by atoms with E-state index in [1.54, 1.807) is 28.9 Å². The Morgan fingerprint density at radius 1 is 1.08 bits per heavy atom. The highest BCUT2D eigenvalue weighted by molar-refractivity contribution is 7.90. The summed E-state index contributed by atoms with van der Waals surface area (Å²) >= 11 is 0. The lowest BCUT2D eigenvalue weighted by molar-refractivity contribution is 0.602. The minimum Gasteiger partial charge on any atom is -0.367 e. The van der Waals surface area contributed by atoms with Gasteiger partial charge in [0, 0.05) is 19.0 Å². The van der Waals surface area contributed by atoms with E-state index in [0.29, 0.717) is 18.1 Å². The van der Waals surface area contributed by atoms with E-state index >= 15 is 0 Å². The number of anilines is 1. The largest absolute Gasteiger partial charge is 0.367 e. The molecule has 0 aliphatic heterocycles. The van der Waals surface area contributed by atoms with E-state index in [0.717, 1.165) is 5.69 Å². The van der Waals surface area contributed by atoms with Crippen molar-refractivity contribution in [1.82, 2.24) is 20.2 Å². The lowest BCUT2D eigenvalue weighted by atomic mass is 10.1. The number of benzene rings is 2. The van der Waals surface area contributed by atoms with Gasteiger partial charge in [0.15, 0.2) is 15.7 Å². The maximum Gasteiger partial charge on any atom is 0.175 e. The van der Waals surface area contributed by atoms with E-state index in [9.17, 15) is 8.42 Å². The molecule has 0 aliphatic rings. The predicted molar refractivity (Wildman–Crippen MR) is 100 cm³/mol. The van der Waals surface area contributed by atoms with Crippen molar-refractivity contribution in [1.29, 1.82) is 0 Å². The molecule has 1 aromatic heterocycles. The molecule has 136 valence electrons. The summed E-state index contributed by atoms with van der Waals surface area (Å²) in [6.45, 7) is 4.69. The Labute approximate surface area is 153 Å². The van der Waals surface area contributed by atoms with Crippen LogP contribution < -0.4 is 4.90 Å². The highest BCUT2D eigenvalue weighted by Crippen LogP contribution is 2.23. The van der Waals surface area contributed by atoms with Gasteiger partial charge in [-0.3, -0.25) is 0 Å². The molecule has 0 spiro atoms. The Bertz CT molecular complexity index is 1030. The second kappa shape index (κ2) is 6.87. The van der Waals surface area contributed by atoms with Crippen LogP contribution in [0.1, 0.15) is 17.0 Å². The quantitative estimate of drug-likeness (QED) is 0.685. The Morgan fingerprint density at radius 3 is 2.42 bits per heavy atom. The van der Waals surface area contributed by atoms with Crippen LogP contribution in [0, 0.1) is 13.8 Å². The fourth-order valence-electron chi connectivity index (χ4n) is 2.79. The topological polar surface area (TPSA) is 81.0 Å². The van der Waals surface area contributed by atoms with Gasteiger partial charge in [-0.2, -0.15) is 4.68 Å². The summed E-state index contributed by atoms with van der Waals surface area (Å²) < 4.78 is 24.8. The fraction of sp³-hybridized carbons (Fsp3) is 0.278. The minimum absolute atomic E-state index is 0.267. The van der Waals surface area contributed by atoms with Gasteiger partial charge in [0.25, 0.3) is 0 Å². The molecule has 8 heteroatoms. The highest BCUT2D eigenvalue weighted by atomic mass is 32.2. The van der Waals surface area contributed by atoms with Crippen molar-refractivity contribution in [3.63, 3.8) is 0 Å². The van der Waals surface area contributed by atoms with E-state index in [-0.39, 0.29) is 4.90 Å². The van der Waals surface area contributed by atoms with Crippen molar-refractivity contribution in [3.05, 3.63) is 59.4 Å². The predicted octanol–water partition coefficient (Wildman–Crippen LogP) is 2.32. The van der Waals surface area contributed by atoms with Gasteiger partial charge in [-0.1, -0.05) is 12.1 Å². The van der Waals surface area contributed by atoms with Gasteiger partial charge in [-0.05, 0) is 65.7 Å². The Morgan fingerprint density at radius 2 is 1.77 bits per heavy atom. The second-order valence-electron chi connectivity index (χ2n) is 6.35. The summed E-state index contributed by atoms with van der Waals surface area (Å²) in [4.78, 5) is 2.36. The average molecular weight is 371 g/mol. The first-order chi connectivity index (χ1) is 12.3. The van der Waals surface area contributed by atoms with Crippen LogP contribution in [0.4, 0.5) is 5.69 Å². The van der Waals surface area contributed by atoms with Crippen molar-refractivity contribution in [2.45, 2.75) is 25.3 Å². The van der Waals surface area contributed by atoms with Gasteiger partial charge in [0.05, 0.1) is 17.1 Å². The number of tetrazole rings is 1. The van der Waals surface area contributed by atoms with Crippen LogP contribution in [0.15, 0.2) is 47.4 Å². The number of rotatable bonds is 5. The minimum atomic E-state index is -3.23. The first kappa shape index (κ1) is 18.1. The summed E-state index contributed by atoms with van der Waals surface area (Å²) in [6, 6.07) is 12.7. The zero-order chi connectivity index (χ0) is 18.9. The zero-order valence-corrected chi connectivity index (χ0v) is 16.0. The molecule has 0 bridgehead atoms. The molecule has 7 nitrogen and oxygen atoms in total. The molecule has 0 saturated heterocycles. The molecule has 0 atom stereocenters. The molecule has 26 heavy (non-hydrogen) atoms. The number of aryl methyl sites for hydroxylation is 1. The first-order valence-electron chi connectivity index (χ1n) is 8.12. The van der Waals surface area contributed by atoms with Crippen LogP contribution >= 0.6 is 0 Å². The normalized spacial score (nSPS) is 11.5. The van der Waals surface area contributed by atoms with E-state index in [2.05, 4.69) is 46.4 Å². The highest BCUT2D eigenvalue weighted by Gasteiger charge is 2.14. The van der Waals surface area contributed by atoms with Gasteiger partial charge in [0.1, 0.15) is 0 Å². The molecular weight excluding hydrogens is 350 g/mol. The van der Waals surface area contributed by atoms with Crippen molar-refractivity contribution < 1.29 is 8.42 Å². The Kier molecular flexibility index (Phi) is 4.78. The standard InChI is InChI=1S/C18H21N5O2S/c1-13-6-5-7-17(14(13)2)22(3)12-18-19-20-21-23(18)15-8-10-16(11-9-15)26(4,24)25/h5-11H,12H2,1-4H3. The third-order valence-corrected chi connectivity index (χ3v) is 5.54. The summed E-state index contributed by atoms with van der Waals surface area (Å²) in [7, 11) is -1.24. The molecular formula is C18H21N5O2S. The fourth-order valence-corrected chi connectivity index (χ4v) is 3.42. The average Bonchev–Trinajstić information content (AvgIpc) is 3.04. The maximum absolute atomic E-state index is 11.6. The molecule has 3 aromatic rings. The molecule has 0 amide bonds. The molecule has 0 radical (unpaired) electrons. The molecule has 1 heterocycles. The van der Waals surface area contributed by atoms with Gasteiger partial charge >= 0.3 is 0 Å². The number of hydrogen-bond acceptors (Lipinski definition) is 6. The molecule has 0 fully saturated rings. The molecule has 0 saturated carbocycles. The molecule has 0 unspecified atom stereocenters. The van der Waals surface area contributed by atoms with Crippen LogP contribution in [0.25, 0.3) is 5.69 Å². The lowest BCUT2D eigenvalue weighted by Gasteiger charge is -2.21. The summed E-state index contributed by atoms with van der Waals surface area (Å²) in [5, 5.41) is 11.9. The molecule has 3 rings (SSSR count). The third-order valence-electron chi connectivity index (χ3n) is 4.41. The van der Waals surface area contributed by atoms with E-state index in [4.69, 9.17) is 0 Å². The Hall–Kier alpha value is -2.74. The molecule has 2 aromatic carbocycles. The van der Waals surface area contributed by atoms with Gasteiger partial charge < -0.3 is 4.90 Å². The van der Waals surface area contributed by atoms with Gasteiger partial charge in [0.2, 0.25) is 0 Å². The van der Waals surface area contributed by atoms with Crippen LogP contribution in [0.2, 0.25) is 0 Å². The molecule has 0 aliphatic carbocycles. The van der Waals surface area contributed by atoms with Crippen LogP contribution in [-0.2, 0) is 16.4 Å². The van der Waals surface area contributed by atoms with Crippen molar-refractivity contribution >= 4 is 15.5 Å². The number of hydrogen-bond donors (Lipinski definition) is 0. The smallest absolute Gasteiger partial charge is 0.175 e. The van der Waals surface area contributed by atoms with Crippen molar-refractivity contribution in [2.24, 2.45) is 0 Å². The van der Waals surface area contributed by atoms with E-state index < -0.39 is 9.84 Å². The summed E-state index contributed by atoms with van der Waals surface area (Å²) in [5.74, 6) is 0.667. The van der Waals surface area contributed by atoms with Crippen molar-refractivity contribution in [2.75, 3.05) is 18.2 Å². The summed E-state index contributed by atoms with van der Waals surface area (Å²) in [6.07, 6.45) is 1.18. The van der Waals surface area contributed by atoms with Gasteiger partial charge in [-0.25, -0.2) is 8.42 Å².